The summed E-state index contributed by atoms with van der Waals surface area (Å²) in [4.78, 5) is 0.442. The van der Waals surface area contributed by atoms with E-state index >= 15 is 0 Å². The summed E-state index contributed by atoms with van der Waals surface area (Å²) in [6.45, 7) is 6.51. The lowest BCUT2D eigenvalue weighted by molar-refractivity contribution is 0.396. The molecule has 0 aliphatic heterocycles. The van der Waals surface area contributed by atoms with Crippen molar-refractivity contribution in [1.82, 2.24) is 0 Å². The Morgan fingerprint density at radius 2 is 1.70 bits per heavy atom. The van der Waals surface area contributed by atoms with Gasteiger partial charge in [-0.25, -0.2) is 0 Å². The van der Waals surface area contributed by atoms with Crippen molar-refractivity contribution < 1.29 is 0 Å². The summed E-state index contributed by atoms with van der Waals surface area (Å²) in [5, 5.41) is 0. The van der Waals surface area contributed by atoms with E-state index < -0.39 is 0 Å². The Morgan fingerprint density at radius 3 is 1.80 bits per heavy atom. The average Bonchev–Trinajstić information content (AvgIpc) is 1.90. The first-order chi connectivity index (χ1) is 4.63. The lowest BCUT2D eigenvalue weighted by atomic mass is 9.93. The Morgan fingerprint density at radius 1 is 1.30 bits per heavy atom. The average molecular weight is 208 g/mol. The van der Waals surface area contributed by atoms with Gasteiger partial charge in [0, 0.05) is 10.9 Å². The third kappa shape index (κ3) is 3.02. The zero-order valence-electron chi connectivity index (χ0n) is 7.10. The summed E-state index contributed by atoms with van der Waals surface area (Å²) in [7, 11) is 0. The lowest BCUT2D eigenvalue weighted by Gasteiger charge is -2.23. The molecule has 1 nitrogen and oxygen atoms in total. The molecular formula is C8H18BrN. The molecule has 0 heterocycles. The van der Waals surface area contributed by atoms with Gasteiger partial charge in [0.2, 0.25) is 0 Å². The van der Waals surface area contributed by atoms with Gasteiger partial charge in [0.25, 0.3) is 0 Å². The summed E-state index contributed by atoms with van der Waals surface area (Å²) in [5.74, 6) is 0.675. The Labute approximate surface area is 72.5 Å². The third-order valence-electron chi connectivity index (χ3n) is 2.12. The van der Waals surface area contributed by atoms with Crippen LogP contribution in [-0.4, -0.2) is 10.9 Å². The molecule has 0 aromatic heterocycles. The molecule has 0 saturated carbocycles. The highest BCUT2D eigenvalue weighted by molar-refractivity contribution is 9.09. The van der Waals surface area contributed by atoms with Crippen LogP contribution in [0.3, 0.4) is 0 Å². The standard InChI is InChI=1S/C8H18BrN/c1-4-7(5-2)8(10)6(3)9/h6-8H,4-5,10H2,1-3H3. The molecule has 10 heavy (non-hydrogen) atoms. The molecule has 0 fully saturated rings. The van der Waals surface area contributed by atoms with E-state index in [1.54, 1.807) is 0 Å². The van der Waals surface area contributed by atoms with Crippen molar-refractivity contribution in [2.24, 2.45) is 11.7 Å². The van der Waals surface area contributed by atoms with Crippen LogP contribution in [0.1, 0.15) is 33.6 Å². The van der Waals surface area contributed by atoms with Crippen LogP contribution in [0.15, 0.2) is 0 Å². The molecular weight excluding hydrogens is 190 g/mol. The van der Waals surface area contributed by atoms with Gasteiger partial charge in [-0.15, -0.1) is 0 Å². The van der Waals surface area contributed by atoms with Gasteiger partial charge in [0.1, 0.15) is 0 Å². The SMILES string of the molecule is CCC(CC)C(N)C(C)Br. The van der Waals surface area contributed by atoms with Gasteiger partial charge in [-0.1, -0.05) is 49.5 Å². The Hall–Kier alpha value is 0.440. The summed E-state index contributed by atoms with van der Waals surface area (Å²) >= 11 is 3.50. The van der Waals surface area contributed by atoms with E-state index in [9.17, 15) is 0 Å². The summed E-state index contributed by atoms with van der Waals surface area (Å²) < 4.78 is 0. The topological polar surface area (TPSA) is 26.0 Å². The molecule has 0 aliphatic rings. The van der Waals surface area contributed by atoms with Crippen LogP contribution in [0.25, 0.3) is 0 Å². The molecule has 0 spiro atoms. The van der Waals surface area contributed by atoms with Gasteiger partial charge in [-0.2, -0.15) is 0 Å². The first-order valence-electron chi connectivity index (χ1n) is 4.03. The summed E-state index contributed by atoms with van der Waals surface area (Å²) in [6, 6.07) is 0.315. The van der Waals surface area contributed by atoms with Crippen molar-refractivity contribution in [1.29, 1.82) is 0 Å². The van der Waals surface area contributed by atoms with Gasteiger partial charge in [0.15, 0.2) is 0 Å². The van der Waals surface area contributed by atoms with E-state index in [0.29, 0.717) is 16.8 Å². The highest BCUT2D eigenvalue weighted by Gasteiger charge is 2.17. The Kier molecular flexibility index (Phi) is 5.36. The maximum absolute atomic E-state index is 5.93. The van der Waals surface area contributed by atoms with Gasteiger partial charge in [-0.3, -0.25) is 0 Å². The van der Waals surface area contributed by atoms with E-state index in [1.165, 1.54) is 12.8 Å². The molecule has 0 aromatic carbocycles. The minimum Gasteiger partial charge on any atom is -0.326 e. The van der Waals surface area contributed by atoms with Crippen molar-refractivity contribution in [3.05, 3.63) is 0 Å². The molecule has 0 bridgehead atoms. The van der Waals surface area contributed by atoms with Crippen LogP contribution >= 0.6 is 15.9 Å². The van der Waals surface area contributed by atoms with Crippen molar-refractivity contribution in [2.45, 2.75) is 44.5 Å². The zero-order valence-corrected chi connectivity index (χ0v) is 8.69. The van der Waals surface area contributed by atoms with Gasteiger partial charge < -0.3 is 5.73 Å². The molecule has 0 aliphatic carbocycles. The van der Waals surface area contributed by atoms with Crippen molar-refractivity contribution in [2.75, 3.05) is 0 Å². The van der Waals surface area contributed by atoms with E-state index in [1.807, 2.05) is 0 Å². The van der Waals surface area contributed by atoms with Crippen LogP contribution in [-0.2, 0) is 0 Å². The van der Waals surface area contributed by atoms with Crippen LogP contribution in [0.2, 0.25) is 0 Å². The molecule has 2 N–H and O–H groups in total. The fourth-order valence-corrected chi connectivity index (χ4v) is 1.64. The first kappa shape index (κ1) is 10.4. The predicted molar refractivity (Wildman–Crippen MR) is 50.4 cm³/mol. The number of hydrogen-bond donors (Lipinski definition) is 1. The lowest BCUT2D eigenvalue weighted by Crippen LogP contribution is -2.36. The number of alkyl halides is 1. The molecule has 0 rings (SSSR count). The van der Waals surface area contributed by atoms with E-state index in [4.69, 9.17) is 5.73 Å². The molecule has 0 saturated heterocycles. The largest absolute Gasteiger partial charge is 0.326 e. The summed E-state index contributed by atoms with van der Waals surface area (Å²) in [5.41, 5.74) is 5.93. The van der Waals surface area contributed by atoms with Gasteiger partial charge in [-0.05, 0) is 5.92 Å². The van der Waals surface area contributed by atoms with Crippen LogP contribution < -0.4 is 5.73 Å². The Bertz CT molecular complexity index is 79.3. The molecule has 2 unspecified atom stereocenters. The number of hydrogen-bond acceptors (Lipinski definition) is 1. The van der Waals surface area contributed by atoms with Crippen LogP contribution in [0.5, 0.6) is 0 Å². The van der Waals surface area contributed by atoms with Gasteiger partial charge in [0.05, 0.1) is 0 Å². The van der Waals surface area contributed by atoms with Crippen molar-refractivity contribution in [3.8, 4) is 0 Å². The fraction of sp³-hybridized carbons (Fsp3) is 1.00. The monoisotopic (exact) mass is 207 g/mol. The predicted octanol–water partition coefficient (Wildman–Crippen LogP) is 2.53. The minimum atomic E-state index is 0.315. The molecule has 0 amide bonds. The smallest absolute Gasteiger partial charge is 0.0271 e. The fourth-order valence-electron chi connectivity index (χ4n) is 1.21. The first-order valence-corrected chi connectivity index (χ1v) is 4.94. The molecule has 0 aromatic rings. The van der Waals surface area contributed by atoms with Crippen LogP contribution in [0, 0.1) is 5.92 Å². The highest BCUT2D eigenvalue weighted by Crippen LogP contribution is 2.17. The van der Waals surface area contributed by atoms with Gasteiger partial charge >= 0.3 is 0 Å². The maximum Gasteiger partial charge on any atom is 0.0271 e. The van der Waals surface area contributed by atoms with Crippen LogP contribution in [0.4, 0.5) is 0 Å². The van der Waals surface area contributed by atoms with Crippen molar-refractivity contribution >= 4 is 15.9 Å². The van der Waals surface area contributed by atoms with E-state index in [2.05, 4.69) is 36.7 Å². The number of nitrogens with two attached hydrogens (primary N) is 1. The Balaban J connectivity index is 3.76. The normalized spacial score (nSPS) is 17.4. The molecule has 2 atom stereocenters. The molecule has 62 valence electrons. The van der Waals surface area contributed by atoms with E-state index in [-0.39, 0.29) is 0 Å². The minimum absolute atomic E-state index is 0.315. The second kappa shape index (κ2) is 5.14. The number of halogens is 1. The summed E-state index contributed by atoms with van der Waals surface area (Å²) in [6.07, 6.45) is 2.38. The number of rotatable bonds is 4. The highest BCUT2D eigenvalue weighted by atomic mass is 79.9. The van der Waals surface area contributed by atoms with E-state index in [0.717, 1.165) is 0 Å². The second-order valence-corrected chi connectivity index (χ2v) is 4.28. The quantitative estimate of drug-likeness (QED) is 0.706. The zero-order chi connectivity index (χ0) is 8.15. The molecule has 2 heteroatoms. The second-order valence-electron chi connectivity index (χ2n) is 2.83. The third-order valence-corrected chi connectivity index (χ3v) is 2.73. The maximum atomic E-state index is 5.93. The van der Waals surface area contributed by atoms with Crippen molar-refractivity contribution in [3.63, 3.8) is 0 Å². The molecule has 0 radical (unpaired) electrons.